The smallest absolute Gasteiger partial charge is 0.119 e. The zero-order valence-corrected chi connectivity index (χ0v) is 12.2. The first-order valence-electron chi connectivity index (χ1n) is 6.55. The molecule has 0 spiro atoms. The maximum absolute atomic E-state index is 8.64. The minimum absolute atomic E-state index is 0.350. The number of thioether (sulfide) groups is 1. The van der Waals surface area contributed by atoms with E-state index in [0.717, 1.165) is 40.8 Å². The number of nitrogens with one attached hydrogen (secondary N) is 1. The second-order valence-electron chi connectivity index (χ2n) is 4.18. The van der Waals surface area contributed by atoms with Crippen molar-refractivity contribution in [3.63, 3.8) is 0 Å². The predicted octanol–water partition coefficient (Wildman–Crippen LogP) is 3.27. The molecule has 0 aliphatic rings. The SMILES string of the molecule is CCSCCOc1ccc(-c2cc(CC#N)[nH]n2)cc1. The molecule has 2 rings (SSSR count). The van der Waals surface area contributed by atoms with Crippen LogP contribution in [0.5, 0.6) is 5.75 Å². The maximum Gasteiger partial charge on any atom is 0.119 e. The van der Waals surface area contributed by atoms with Crippen LogP contribution >= 0.6 is 11.8 Å². The van der Waals surface area contributed by atoms with Crippen LogP contribution < -0.4 is 4.74 Å². The fourth-order valence-electron chi connectivity index (χ4n) is 1.77. The summed E-state index contributed by atoms with van der Waals surface area (Å²) in [4.78, 5) is 0. The van der Waals surface area contributed by atoms with Gasteiger partial charge in [0.2, 0.25) is 0 Å². The summed E-state index contributed by atoms with van der Waals surface area (Å²) in [5, 5.41) is 15.7. The van der Waals surface area contributed by atoms with E-state index >= 15 is 0 Å². The largest absolute Gasteiger partial charge is 0.493 e. The van der Waals surface area contributed by atoms with Crippen LogP contribution in [0, 0.1) is 11.3 Å². The predicted molar refractivity (Wildman–Crippen MR) is 81.8 cm³/mol. The lowest BCUT2D eigenvalue weighted by Gasteiger charge is -2.05. The molecule has 0 unspecified atom stereocenters. The Bertz CT molecular complexity index is 572. The summed E-state index contributed by atoms with van der Waals surface area (Å²) in [6, 6.07) is 11.9. The third kappa shape index (κ3) is 4.04. The molecule has 4 nitrogen and oxygen atoms in total. The quantitative estimate of drug-likeness (QED) is 0.794. The number of rotatable bonds is 7. The molecule has 2 aromatic rings. The molecule has 104 valence electrons. The second kappa shape index (κ2) is 7.61. The number of nitriles is 1. The Morgan fingerprint density at radius 2 is 2.15 bits per heavy atom. The molecule has 0 radical (unpaired) electrons. The zero-order valence-electron chi connectivity index (χ0n) is 11.4. The van der Waals surface area contributed by atoms with Crippen molar-refractivity contribution in [1.29, 1.82) is 5.26 Å². The van der Waals surface area contributed by atoms with Crippen molar-refractivity contribution in [3.05, 3.63) is 36.0 Å². The summed E-state index contributed by atoms with van der Waals surface area (Å²) in [7, 11) is 0. The fourth-order valence-corrected chi connectivity index (χ4v) is 2.26. The lowest BCUT2D eigenvalue weighted by Crippen LogP contribution is -2.00. The number of nitrogens with zero attached hydrogens (tertiary/aromatic N) is 2. The van der Waals surface area contributed by atoms with E-state index in [2.05, 4.69) is 23.2 Å². The first kappa shape index (κ1) is 14.5. The second-order valence-corrected chi connectivity index (χ2v) is 5.58. The number of hydrogen-bond acceptors (Lipinski definition) is 4. The van der Waals surface area contributed by atoms with Crippen LogP contribution in [0.25, 0.3) is 11.3 Å². The summed E-state index contributed by atoms with van der Waals surface area (Å²) in [5.41, 5.74) is 2.70. The molecule has 0 saturated heterocycles. The van der Waals surface area contributed by atoms with E-state index in [1.807, 2.05) is 42.1 Å². The topological polar surface area (TPSA) is 61.7 Å². The van der Waals surface area contributed by atoms with Gasteiger partial charge in [0.1, 0.15) is 5.75 Å². The number of H-pyrrole nitrogens is 1. The van der Waals surface area contributed by atoms with Gasteiger partial charge < -0.3 is 4.74 Å². The number of aromatic nitrogens is 2. The first-order chi connectivity index (χ1) is 9.83. The van der Waals surface area contributed by atoms with Crippen LogP contribution in [0.15, 0.2) is 30.3 Å². The Morgan fingerprint density at radius 1 is 1.35 bits per heavy atom. The highest BCUT2D eigenvalue weighted by Crippen LogP contribution is 2.21. The van der Waals surface area contributed by atoms with Gasteiger partial charge in [-0.25, -0.2) is 0 Å². The first-order valence-corrected chi connectivity index (χ1v) is 7.71. The fraction of sp³-hybridized carbons (Fsp3) is 0.333. The summed E-state index contributed by atoms with van der Waals surface area (Å²) < 4.78 is 5.65. The van der Waals surface area contributed by atoms with Crippen molar-refractivity contribution in [1.82, 2.24) is 10.2 Å². The molecule has 0 aliphatic heterocycles. The van der Waals surface area contributed by atoms with Crippen LogP contribution in [0.1, 0.15) is 12.6 Å². The molecule has 1 heterocycles. The highest BCUT2D eigenvalue weighted by molar-refractivity contribution is 7.99. The monoisotopic (exact) mass is 287 g/mol. The van der Waals surface area contributed by atoms with E-state index in [9.17, 15) is 0 Å². The van der Waals surface area contributed by atoms with Crippen LogP contribution in [0.4, 0.5) is 0 Å². The van der Waals surface area contributed by atoms with Gasteiger partial charge in [0.15, 0.2) is 0 Å². The van der Waals surface area contributed by atoms with Gasteiger partial charge in [-0.1, -0.05) is 6.92 Å². The molecule has 1 aromatic heterocycles. The van der Waals surface area contributed by atoms with Crippen LogP contribution in [-0.2, 0) is 6.42 Å². The normalized spacial score (nSPS) is 10.2. The molecule has 0 saturated carbocycles. The molecule has 1 aromatic carbocycles. The molecule has 0 bridgehead atoms. The van der Waals surface area contributed by atoms with Crippen molar-refractivity contribution in [3.8, 4) is 23.1 Å². The highest BCUT2D eigenvalue weighted by Gasteiger charge is 2.04. The van der Waals surface area contributed by atoms with E-state index in [1.54, 1.807) is 0 Å². The van der Waals surface area contributed by atoms with Gasteiger partial charge in [0.25, 0.3) is 0 Å². The third-order valence-corrected chi connectivity index (χ3v) is 3.61. The minimum atomic E-state index is 0.350. The molecule has 5 heteroatoms. The number of ether oxygens (including phenoxy) is 1. The zero-order chi connectivity index (χ0) is 14.2. The third-order valence-electron chi connectivity index (χ3n) is 2.75. The van der Waals surface area contributed by atoms with E-state index in [-0.39, 0.29) is 0 Å². The van der Waals surface area contributed by atoms with Crippen LogP contribution in [-0.4, -0.2) is 28.3 Å². The molecule has 1 N–H and O–H groups in total. The Kier molecular flexibility index (Phi) is 5.51. The molecule has 0 aliphatic carbocycles. The van der Waals surface area contributed by atoms with Gasteiger partial charge in [-0.15, -0.1) is 0 Å². The Morgan fingerprint density at radius 3 is 2.85 bits per heavy atom. The lowest BCUT2D eigenvalue weighted by molar-refractivity contribution is 0.344. The van der Waals surface area contributed by atoms with Gasteiger partial charge in [-0.3, -0.25) is 5.10 Å². The average molecular weight is 287 g/mol. The Balaban J connectivity index is 1.95. The average Bonchev–Trinajstić information content (AvgIpc) is 2.93. The summed E-state index contributed by atoms with van der Waals surface area (Å²) in [5.74, 6) is 3.00. The number of hydrogen-bond donors (Lipinski definition) is 1. The van der Waals surface area contributed by atoms with Gasteiger partial charge in [0, 0.05) is 17.0 Å². The number of aromatic amines is 1. The van der Waals surface area contributed by atoms with E-state index in [0.29, 0.717) is 6.42 Å². The van der Waals surface area contributed by atoms with E-state index < -0.39 is 0 Å². The van der Waals surface area contributed by atoms with Crippen LogP contribution in [0.2, 0.25) is 0 Å². The Labute approximate surface area is 123 Å². The van der Waals surface area contributed by atoms with Gasteiger partial charge in [-0.05, 0) is 36.1 Å². The molecule has 0 amide bonds. The minimum Gasteiger partial charge on any atom is -0.493 e. The van der Waals surface area contributed by atoms with Gasteiger partial charge >= 0.3 is 0 Å². The van der Waals surface area contributed by atoms with Gasteiger partial charge in [-0.2, -0.15) is 22.1 Å². The summed E-state index contributed by atoms with van der Waals surface area (Å²) in [6.07, 6.45) is 0.350. The Hall–Kier alpha value is -1.93. The summed E-state index contributed by atoms with van der Waals surface area (Å²) >= 11 is 1.87. The molecular weight excluding hydrogens is 270 g/mol. The number of benzene rings is 1. The van der Waals surface area contributed by atoms with Gasteiger partial charge in [0.05, 0.1) is 24.8 Å². The van der Waals surface area contributed by atoms with Crippen molar-refractivity contribution in [2.24, 2.45) is 0 Å². The van der Waals surface area contributed by atoms with Crippen molar-refractivity contribution >= 4 is 11.8 Å². The maximum atomic E-state index is 8.64. The highest BCUT2D eigenvalue weighted by atomic mass is 32.2. The van der Waals surface area contributed by atoms with Crippen molar-refractivity contribution in [2.45, 2.75) is 13.3 Å². The van der Waals surface area contributed by atoms with E-state index in [1.165, 1.54) is 0 Å². The van der Waals surface area contributed by atoms with Crippen LogP contribution in [0.3, 0.4) is 0 Å². The van der Waals surface area contributed by atoms with E-state index in [4.69, 9.17) is 10.00 Å². The molecule has 0 fully saturated rings. The molecule has 0 atom stereocenters. The molecular formula is C15H17N3OS. The lowest BCUT2D eigenvalue weighted by atomic mass is 10.1. The standard InChI is InChI=1S/C15H17N3OS/c1-2-20-10-9-19-14-5-3-12(4-6-14)15-11-13(7-8-16)17-18-15/h3-6,11H,2,7,9-10H2,1H3,(H,17,18). The molecule has 20 heavy (non-hydrogen) atoms. The van der Waals surface area contributed by atoms with Crippen molar-refractivity contribution < 1.29 is 4.74 Å². The summed E-state index contributed by atoms with van der Waals surface area (Å²) in [6.45, 7) is 2.87. The van der Waals surface area contributed by atoms with Crippen molar-refractivity contribution in [2.75, 3.05) is 18.1 Å².